The first kappa shape index (κ1) is 27.7. The average Bonchev–Trinajstić information content (AvgIpc) is 3.36. The molecular weight excluding hydrogens is 454 g/mol. The number of aromatic amines is 1. The summed E-state index contributed by atoms with van der Waals surface area (Å²) in [4.78, 5) is 34.1. The van der Waals surface area contributed by atoms with Crippen LogP contribution in [0.4, 0.5) is 4.79 Å². The number of ether oxygens (including phenoxy) is 1. The molecule has 1 saturated carbocycles. The molecule has 0 bridgehead atoms. The Morgan fingerprint density at radius 2 is 1.78 bits per heavy atom. The zero-order valence-corrected chi connectivity index (χ0v) is 22.1. The van der Waals surface area contributed by atoms with Crippen molar-refractivity contribution in [2.24, 2.45) is 5.92 Å². The zero-order valence-electron chi connectivity index (χ0n) is 22.1. The molecule has 1 aromatic carbocycles. The van der Waals surface area contributed by atoms with E-state index in [1.807, 2.05) is 32.9 Å². The number of hydrogen-bond donors (Lipinski definition) is 3. The molecule has 0 unspecified atom stereocenters. The molecule has 2 amide bonds. The number of nitrogens with zero attached hydrogens (tertiary/aromatic N) is 2. The highest BCUT2D eigenvalue weighted by molar-refractivity contribution is 5.94. The lowest BCUT2D eigenvalue weighted by Gasteiger charge is -2.27. The van der Waals surface area contributed by atoms with Gasteiger partial charge < -0.3 is 20.4 Å². The van der Waals surface area contributed by atoms with Crippen LogP contribution in [0.2, 0.25) is 0 Å². The second-order valence-electron chi connectivity index (χ2n) is 10.7. The fourth-order valence-corrected chi connectivity index (χ4v) is 4.44. The molecule has 0 spiro atoms. The number of nitrogens with one attached hydrogen (secondary N) is 3. The number of rotatable bonds is 12. The highest BCUT2D eigenvalue weighted by Gasteiger charge is 2.23. The van der Waals surface area contributed by atoms with Crippen LogP contribution in [-0.4, -0.2) is 52.1 Å². The van der Waals surface area contributed by atoms with Crippen molar-refractivity contribution in [1.29, 1.82) is 0 Å². The summed E-state index contributed by atoms with van der Waals surface area (Å²) in [6.07, 6.45) is 11.9. The van der Waals surface area contributed by atoms with Gasteiger partial charge in [-0.05, 0) is 83.2 Å². The highest BCUT2D eigenvalue weighted by atomic mass is 16.6. The van der Waals surface area contributed by atoms with Crippen LogP contribution in [0.3, 0.4) is 0 Å². The standard InChI is InChI=1S/C28H43N5O3/c1-28(2,3)36-27(35)33(21-25-30-17-18-31-25)20-23-11-13-24(14-12-23)26(34)32-16-8-7-15-29-19-22-9-5-4-6-10-22/h11-14,17-18,22,29H,4-10,15-16,19-21H2,1-3H3,(H,30,31)(H,32,34). The Morgan fingerprint density at radius 1 is 1.06 bits per heavy atom. The van der Waals surface area contributed by atoms with Gasteiger partial charge in [-0.3, -0.25) is 9.69 Å². The topological polar surface area (TPSA) is 99.3 Å². The number of aromatic nitrogens is 2. The van der Waals surface area contributed by atoms with Gasteiger partial charge in [0, 0.05) is 31.0 Å². The van der Waals surface area contributed by atoms with E-state index in [-0.39, 0.29) is 5.91 Å². The van der Waals surface area contributed by atoms with E-state index >= 15 is 0 Å². The maximum atomic E-state index is 12.8. The maximum absolute atomic E-state index is 12.8. The Kier molecular flexibility index (Phi) is 10.8. The molecule has 1 heterocycles. The number of hydrogen-bond acceptors (Lipinski definition) is 5. The summed E-state index contributed by atoms with van der Waals surface area (Å²) in [5.74, 6) is 1.46. The molecule has 8 nitrogen and oxygen atoms in total. The van der Waals surface area contributed by atoms with Crippen LogP contribution >= 0.6 is 0 Å². The lowest BCUT2D eigenvalue weighted by atomic mass is 9.89. The third kappa shape index (κ3) is 10.0. The molecule has 0 aliphatic heterocycles. The minimum Gasteiger partial charge on any atom is -0.444 e. The summed E-state index contributed by atoms with van der Waals surface area (Å²) in [6.45, 7) is 9.00. The van der Waals surface area contributed by atoms with Crippen molar-refractivity contribution in [1.82, 2.24) is 25.5 Å². The van der Waals surface area contributed by atoms with Gasteiger partial charge in [0.25, 0.3) is 5.91 Å². The minimum atomic E-state index is -0.591. The van der Waals surface area contributed by atoms with E-state index in [9.17, 15) is 9.59 Å². The molecule has 0 atom stereocenters. The molecule has 3 N–H and O–H groups in total. The molecule has 1 aliphatic rings. The first-order chi connectivity index (χ1) is 17.3. The Bertz CT molecular complexity index is 916. The molecule has 1 aliphatic carbocycles. The molecular formula is C28H43N5O3. The predicted octanol–water partition coefficient (Wildman–Crippen LogP) is 5.03. The molecule has 1 fully saturated rings. The van der Waals surface area contributed by atoms with E-state index in [1.165, 1.54) is 32.1 Å². The molecule has 8 heteroatoms. The third-order valence-electron chi connectivity index (χ3n) is 6.36. The summed E-state index contributed by atoms with van der Waals surface area (Å²) < 4.78 is 5.57. The van der Waals surface area contributed by atoms with Crippen LogP contribution in [0.5, 0.6) is 0 Å². The van der Waals surface area contributed by atoms with Crippen molar-refractivity contribution >= 4 is 12.0 Å². The average molecular weight is 498 g/mol. The van der Waals surface area contributed by atoms with Crippen LogP contribution in [0, 0.1) is 5.92 Å². The van der Waals surface area contributed by atoms with Crippen LogP contribution in [0.1, 0.15) is 87.5 Å². The predicted molar refractivity (Wildman–Crippen MR) is 142 cm³/mol. The van der Waals surface area contributed by atoms with Crippen molar-refractivity contribution < 1.29 is 14.3 Å². The summed E-state index contributed by atoms with van der Waals surface area (Å²) in [6, 6.07) is 7.36. The summed E-state index contributed by atoms with van der Waals surface area (Å²) in [5.41, 5.74) is 0.934. The fraction of sp³-hybridized carbons (Fsp3) is 0.607. The highest BCUT2D eigenvalue weighted by Crippen LogP contribution is 2.22. The normalized spacial score (nSPS) is 14.4. The van der Waals surface area contributed by atoms with Crippen molar-refractivity contribution in [2.75, 3.05) is 19.6 Å². The van der Waals surface area contributed by atoms with Crippen LogP contribution in [0.25, 0.3) is 0 Å². The Balaban J connectivity index is 1.40. The van der Waals surface area contributed by atoms with Crippen molar-refractivity contribution in [3.63, 3.8) is 0 Å². The number of carbonyl (C=O) groups is 2. The maximum Gasteiger partial charge on any atom is 0.410 e. The first-order valence-electron chi connectivity index (χ1n) is 13.3. The van der Waals surface area contributed by atoms with Crippen LogP contribution in [0.15, 0.2) is 36.7 Å². The third-order valence-corrected chi connectivity index (χ3v) is 6.36. The lowest BCUT2D eigenvalue weighted by Crippen LogP contribution is -2.36. The van der Waals surface area contributed by atoms with Crippen LogP contribution in [-0.2, 0) is 17.8 Å². The Hall–Kier alpha value is -2.87. The van der Waals surface area contributed by atoms with E-state index < -0.39 is 11.7 Å². The van der Waals surface area contributed by atoms with Gasteiger partial charge in [0.05, 0.1) is 6.54 Å². The Labute approximate surface area is 215 Å². The molecule has 0 saturated heterocycles. The fourth-order valence-electron chi connectivity index (χ4n) is 4.44. The number of unbranched alkanes of at least 4 members (excludes halogenated alkanes) is 1. The minimum absolute atomic E-state index is 0.0729. The first-order valence-corrected chi connectivity index (χ1v) is 13.3. The molecule has 0 radical (unpaired) electrons. The quantitative estimate of drug-likeness (QED) is 0.357. The van der Waals surface area contributed by atoms with Crippen molar-refractivity contribution in [2.45, 2.75) is 84.4 Å². The van der Waals surface area contributed by atoms with E-state index in [0.29, 0.717) is 31.0 Å². The molecule has 2 aromatic rings. The van der Waals surface area contributed by atoms with Crippen molar-refractivity contribution in [3.05, 3.63) is 53.6 Å². The number of amides is 2. The lowest BCUT2D eigenvalue weighted by molar-refractivity contribution is 0.0211. The van der Waals surface area contributed by atoms with Gasteiger partial charge >= 0.3 is 6.09 Å². The zero-order chi connectivity index (χ0) is 25.8. The van der Waals surface area contributed by atoms with Gasteiger partial charge in [-0.15, -0.1) is 0 Å². The largest absolute Gasteiger partial charge is 0.444 e. The smallest absolute Gasteiger partial charge is 0.410 e. The van der Waals surface area contributed by atoms with Gasteiger partial charge in [-0.25, -0.2) is 9.78 Å². The number of H-pyrrole nitrogens is 1. The SMILES string of the molecule is CC(C)(C)OC(=O)N(Cc1ccc(C(=O)NCCCCNCC2CCCCC2)cc1)Cc1ncc[nH]1. The van der Waals surface area contributed by atoms with Crippen LogP contribution < -0.4 is 10.6 Å². The van der Waals surface area contributed by atoms with Gasteiger partial charge in [0.15, 0.2) is 0 Å². The van der Waals surface area contributed by atoms with Gasteiger partial charge in [0.1, 0.15) is 11.4 Å². The van der Waals surface area contributed by atoms with E-state index in [1.54, 1.807) is 29.4 Å². The summed E-state index contributed by atoms with van der Waals surface area (Å²) in [7, 11) is 0. The van der Waals surface area contributed by atoms with Gasteiger partial charge in [-0.2, -0.15) is 0 Å². The molecule has 198 valence electrons. The van der Waals surface area contributed by atoms with Crippen molar-refractivity contribution in [3.8, 4) is 0 Å². The number of imidazole rings is 1. The van der Waals surface area contributed by atoms with E-state index in [0.717, 1.165) is 37.4 Å². The molecule has 36 heavy (non-hydrogen) atoms. The number of carbonyl (C=O) groups excluding carboxylic acids is 2. The molecule has 3 rings (SSSR count). The summed E-state index contributed by atoms with van der Waals surface area (Å²) in [5, 5.41) is 6.58. The second-order valence-corrected chi connectivity index (χ2v) is 10.7. The number of benzene rings is 1. The monoisotopic (exact) mass is 497 g/mol. The molecule has 1 aromatic heterocycles. The van der Waals surface area contributed by atoms with Gasteiger partial charge in [0.2, 0.25) is 0 Å². The van der Waals surface area contributed by atoms with Gasteiger partial charge in [-0.1, -0.05) is 31.4 Å². The Morgan fingerprint density at radius 3 is 2.44 bits per heavy atom. The van der Waals surface area contributed by atoms with E-state index in [4.69, 9.17) is 4.74 Å². The summed E-state index contributed by atoms with van der Waals surface area (Å²) >= 11 is 0. The second kappa shape index (κ2) is 14.0. The van der Waals surface area contributed by atoms with E-state index in [2.05, 4.69) is 20.6 Å².